The lowest BCUT2D eigenvalue weighted by atomic mass is 9.86. The second-order valence-corrected chi connectivity index (χ2v) is 16.0. The second kappa shape index (κ2) is 10.5. The Kier molecular flexibility index (Phi) is 7.16. The van der Waals surface area contributed by atoms with Gasteiger partial charge in [0.1, 0.15) is 11.9 Å². The number of nitrogens with zero attached hydrogens (tertiary/aromatic N) is 2. The second-order valence-electron chi connectivity index (χ2n) is 12.1. The maximum Gasteiger partial charge on any atom is 0.263 e. The van der Waals surface area contributed by atoms with Gasteiger partial charge in [-0.3, -0.25) is 14.5 Å². The van der Waals surface area contributed by atoms with E-state index in [-0.39, 0.29) is 36.8 Å². The van der Waals surface area contributed by atoms with E-state index >= 15 is 4.11 Å². The van der Waals surface area contributed by atoms with E-state index in [0.717, 1.165) is 34.9 Å². The number of methoxy groups -OCH3 is 1. The van der Waals surface area contributed by atoms with Crippen molar-refractivity contribution in [2.24, 2.45) is 5.92 Å². The van der Waals surface area contributed by atoms with E-state index in [9.17, 15) is 14.7 Å². The van der Waals surface area contributed by atoms with Crippen LogP contribution in [0.15, 0.2) is 54.6 Å². The van der Waals surface area contributed by atoms with E-state index in [1.54, 1.807) is 30.0 Å². The van der Waals surface area contributed by atoms with E-state index in [0.29, 0.717) is 23.5 Å². The molecule has 7 nitrogen and oxygen atoms in total. The third-order valence-corrected chi connectivity index (χ3v) is 11.5. The van der Waals surface area contributed by atoms with Crippen molar-refractivity contribution in [1.29, 1.82) is 0 Å². The van der Waals surface area contributed by atoms with Crippen molar-refractivity contribution in [2.45, 2.75) is 63.1 Å². The average Bonchev–Trinajstić information content (AvgIpc) is 3.55. The summed E-state index contributed by atoms with van der Waals surface area (Å²) in [5, 5.41) is 11.7. The molecule has 41 heavy (non-hydrogen) atoms. The first-order chi connectivity index (χ1) is 19.6. The molecule has 0 aromatic heterocycles. The monoisotopic (exact) mass is 576 g/mol. The number of carbonyl (C=O) groups is 2. The third-order valence-electron chi connectivity index (χ3n) is 9.21. The summed E-state index contributed by atoms with van der Waals surface area (Å²) >= 11 is 0. The van der Waals surface area contributed by atoms with Crippen molar-refractivity contribution in [3.63, 3.8) is 0 Å². The van der Waals surface area contributed by atoms with Gasteiger partial charge in [-0.15, -0.1) is 0 Å². The molecule has 3 aliphatic rings. The molecule has 6 rings (SSSR count). The first kappa shape index (κ1) is 27.9. The minimum atomic E-state index is -3.37. The van der Waals surface area contributed by atoms with E-state index in [4.69, 9.17) is 9.47 Å². The largest absolute Gasteiger partial charge is 0.490 e. The number of likely N-dealkylation sites (tertiary alicyclic amines) is 1. The van der Waals surface area contributed by atoms with Crippen LogP contribution >= 0.6 is 0 Å². The number of ether oxygens (including phenoxy) is 2. The zero-order valence-corrected chi connectivity index (χ0v) is 25.0. The summed E-state index contributed by atoms with van der Waals surface area (Å²) in [5.41, 5.74) is 2.43. The summed E-state index contributed by atoms with van der Waals surface area (Å²) in [5.74, 6) is 0.124. The molecule has 1 N–H and O–H groups in total. The lowest BCUT2D eigenvalue weighted by Gasteiger charge is -2.43. The maximum atomic E-state index is 15.9. The van der Waals surface area contributed by atoms with Crippen LogP contribution in [0.4, 0.5) is 15.5 Å². The van der Waals surface area contributed by atoms with Crippen LogP contribution in [-0.4, -0.2) is 62.6 Å². The van der Waals surface area contributed by atoms with Crippen LogP contribution < -0.4 is 9.64 Å². The Morgan fingerprint density at radius 3 is 2.66 bits per heavy atom. The van der Waals surface area contributed by atoms with Crippen LogP contribution in [-0.2, 0) is 9.53 Å². The minimum absolute atomic E-state index is 0.0373. The maximum absolute atomic E-state index is 15.9. The summed E-state index contributed by atoms with van der Waals surface area (Å²) in [4.78, 5) is 30.3. The summed E-state index contributed by atoms with van der Waals surface area (Å²) in [6.07, 6.45) is 0.672. The Morgan fingerprint density at radius 2 is 1.95 bits per heavy atom. The summed E-state index contributed by atoms with van der Waals surface area (Å²) < 4.78 is 28.5. The van der Waals surface area contributed by atoms with E-state index in [1.807, 2.05) is 61.5 Å². The zero-order valence-electron chi connectivity index (χ0n) is 24.0. The molecule has 9 heteroatoms. The molecule has 5 atom stereocenters. The quantitative estimate of drug-likeness (QED) is 0.270. The molecular weight excluding hydrogens is 539 g/mol. The van der Waals surface area contributed by atoms with Gasteiger partial charge >= 0.3 is 0 Å². The van der Waals surface area contributed by atoms with Crippen molar-refractivity contribution in [3.05, 3.63) is 65.7 Å². The number of aliphatic hydroxyl groups excluding tert-OH is 1. The summed E-state index contributed by atoms with van der Waals surface area (Å²) in [7, 11) is -1.74. The first-order valence-corrected chi connectivity index (χ1v) is 17.4. The highest BCUT2D eigenvalue weighted by molar-refractivity contribution is 6.72. The molecule has 0 radical (unpaired) electrons. The van der Waals surface area contributed by atoms with Crippen LogP contribution in [0.25, 0.3) is 10.8 Å². The number of aliphatic hydroxyl groups is 1. The topological polar surface area (TPSA) is 79.3 Å². The van der Waals surface area contributed by atoms with Crippen LogP contribution in [0.1, 0.15) is 48.2 Å². The van der Waals surface area contributed by atoms with Crippen molar-refractivity contribution >= 4 is 42.4 Å². The highest BCUT2D eigenvalue weighted by Crippen LogP contribution is 2.50. The van der Waals surface area contributed by atoms with Gasteiger partial charge in [0.25, 0.3) is 5.91 Å². The first-order valence-electron chi connectivity index (χ1n) is 14.4. The van der Waals surface area contributed by atoms with Crippen LogP contribution in [0.3, 0.4) is 0 Å². The van der Waals surface area contributed by atoms with Gasteiger partial charge in [0, 0.05) is 48.2 Å². The number of fused-ring (bicyclic) bond motifs is 1. The molecule has 0 spiro atoms. The molecule has 1 fully saturated rings. The number of benzene rings is 3. The fourth-order valence-corrected chi connectivity index (χ4v) is 8.90. The molecule has 0 aliphatic carbocycles. The molecule has 0 bridgehead atoms. The number of rotatable bonds is 7. The Morgan fingerprint density at radius 1 is 1.20 bits per heavy atom. The molecule has 0 saturated carbocycles. The highest BCUT2D eigenvalue weighted by atomic mass is 28.4. The number of hydrogen-bond donors (Lipinski definition) is 1. The Balaban J connectivity index is 1.33. The van der Waals surface area contributed by atoms with E-state index < -0.39 is 26.2 Å². The number of amides is 2. The number of hydrogen-bond acceptors (Lipinski definition) is 5. The smallest absolute Gasteiger partial charge is 0.263 e. The molecule has 3 aromatic rings. The molecule has 1 saturated heterocycles. The Labute approximate surface area is 241 Å². The zero-order chi connectivity index (χ0) is 29.1. The number of halogens is 1. The van der Waals surface area contributed by atoms with Gasteiger partial charge in [-0.25, -0.2) is 0 Å². The lowest BCUT2D eigenvalue weighted by Crippen LogP contribution is -2.48. The average molecular weight is 577 g/mol. The van der Waals surface area contributed by atoms with E-state index in [2.05, 4.69) is 0 Å². The number of anilines is 2. The predicted octanol–water partition coefficient (Wildman–Crippen LogP) is 6.13. The highest BCUT2D eigenvalue weighted by Gasteiger charge is 2.49. The predicted molar refractivity (Wildman–Crippen MR) is 159 cm³/mol. The van der Waals surface area contributed by atoms with Gasteiger partial charge < -0.3 is 23.6 Å². The Bertz CT molecular complexity index is 1500. The molecule has 3 aliphatic heterocycles. The molecule has 3 heterocycles. The summed E-state index contributed by atoms with van der Waals surface area (Å²) in [6, 6.07) is 17.1. The fraction of sp³-hybridized carbons (Fsp3) is 0.438. The molecule has 3 aromatic carbocycles. The van der Waals surface area contributed by atoms with Gasteiger partial charge in [0.15, 0.2) is 0 Å². The van der Waals surface area contributed by atoms with Crippen molar-refractivity contribution in [2.75, 3.05) is 25.2 Å². The lowest BCUT2D eigenvalue weighted by molar-refractivity contribution is -0.133. The normalized spacial score (nSPS) is 24.5. The SMILES string of the molecule is CO[C@@H]1c2cc(N3C(=O)c4cccc5cccc3c45)ccc2O[C@H](C(CC(=O)N2CCC[C@H]2CO)[Si](C)(C)F)[C@H]1C. The van der Waals surface area contributed by atoms with Gasteiger partial charge in [-0.05, 0) is 61.7 Å². The van der Waals surface area contributed by atoms with Gasteiger partial charge in [0.05, 0.1) is 30.0 Å². The number of carbonyl (C=O) groups excluding carboxylic acids is 2. The van der Waals surface area contributed by atoms with Crippen LogP contribution in [0.5, 0.6) is 5.75 Å². The van der Waals surface area contributed by atoms with E-state index in [1.165, 1.54) is 0 Å². The van der Waals surface area contributed by atoms with Gasteiger partial charge in [-0.2, -0.15) is 0 Å². The van der Waals surface area contributed by atoms with Gasteiger partial charge in [-0.1, -0.05) is 31.2 Å². The molecule has 1 unspecified atom stereocenters. The molecular formula is C32H37FN2O5Si. The Hall–Kier alpha value is -3.27. The molecule has 216 valence electrons. The van der Waals surface area contributed by atoms with Crippen molar-refractivity contribution in [1.82, 2.24) is 4.90 Å². The fourth-order valence-electron chi connectivity index (χ4n) is 7.08. The van der Waals surface area contributed by atoms with Crippen LogP contribution in [0, 0.1) is 5.92 Å². The standard InChI is InChI=1S/C32H37FN2O5Si/c1-19-30(39-2)24-16-21(35-25-12-6-9-20-8-5-11-23(29(20)25)32(35)38)13-14-26(24)40-31(19)27(41(3,4)33)17-28(37)34-15-7-10-22(34)18-36/h5-6,8-9,11-14,16,19,22,27,30-31,36H,7,10,15,17-18H2,1-4H3/t19-,22-,27?,30-,31-/m0/s1. The third kappa shape index (κ3) is 4.64. The van der Waals surface area contributed by atoms with Gasteiger partial charge in [0.2, 0.25) is 14.3 Å². The molecule has 2 amide bonds. The minimum Gasteiger partial charge on any atom is -0.490 e. The van der Waals surface area contributed by atoms with Crippen molar-refractivity contribution in [3.8, 4) is 5.75 Å². The van der Waals surface area contributed by atoms with Crippen LogP contribution in [0.2, 0.25) is 18.6 Å². The summed E-state index contributed by atoms with van der Waals surface area (Å²) in [6.45, 7) is 5.75. The van der Waals surface area contributed by atoms with Crippen molar-refractivity contribution < 1.29 is 28.3 Å².